The molecule has 0 saturated carbocycles. The Morgan fingerprint density at radius 1 is 0.842 bits per heavy atom. The van der Waals surface area contributed by atoms with Crippen LogP contribution in [0, 0.1) is 0 Å². The summed E-state index contributed by atoms with van der Waals surface area (Å²) in [6.07, 6.45) is -2.08. The lowest BCUT2D eigenvalue weighted by atomic mass is 10.0. The van der Waals surface area contributed by atoms with E-state index in [4.69, 9.17) is 9.47 Å². The summed E-state index contributed by atoms with van der Waals surface area (Å²) in [4.78, 5) is 25.7. The van der Waals surface area contributed by atoms with Crippen molar-refractivity contribution in [1.29, 1.82) is 0 Å². The Balaban J connectivity index is 1.72. The van der Waals surface area contributed by atoms with Crippen LogP contribution in [0.15, 0.2) is 91.0 Å². The number of nitrogens with one attached hydrogen (secondary N) is 2. The molecule has 0 radical (unpaired) electrons. The largest absolute Gasteiger partial charge is 0.445 e. The van der Waals surface area contributed by atoms with E-state index in [2.05, 4.69) is 10.7 Å². The van der Waals surface area contributed by atoms with Gasteiger partial charge < -0.3 is 19.9 Å². The molecule has 202 valence electrons. The molecule has 3 aromatic carbocycles. The van der Waals surface area contributed by atoms with Gasteiger partial charge in [-0.25, -0.2) is 20.0 Å². The van der Waals surface area contributed by atoms with Gasteiger partial charge >= 0.3 is 12.2 Å². The first-order valence-corrected chi connectivity index (χ1v) is 12.7. The van der Waals surface area contributed by atoms with Crippen LogP contribution in [0.1, 0.15) is 37.5 Å². The molecule has 3 N–H and O–H groups in total. The minimum absolute atomic E-state index is 0.101. The maximum Gasteiger partial charge on any atom is 0.424 e. The molecular formula is C30H37N3O5. The topological polar surface area (TPSA) is 100 Å². The molecule has 0 aliphatic carbocycles. The van der Waals surface area contributed by atoms with Crippen LogP contribution in [0.5, 0.6) is 0 Å². The Morgan fingerprint density at radius 2 is 1.37 bits per heavy atom. The lowest BCUT2D eigenvalue weighted by Crippen LogP contribution is -2.54. The van der Waals surface area contributed by atoms with E-state index in [0.29, 0.717) is 13.0 Å². The Labute approximate surface area is 224 Å². The van der Waals surface area contributed by atoms with Gasteiger partial charge in [-0.3, -0.25) is 0 Å². The normalized spacial score (nSPS) is 12.7. The van der Waals surface area contributed by atoms with E-state index in [0.717, 1.165) is 16.7 Å². The van der Waals surface area contributed by atoms with Gasteiger partial charge in [0.1, 0.15) is 12.2 Å². The Hall–Kier alpha value is -3.88. The number of benzene rings is 3. The highest BCUT2D eigenvalue weighted by Crippen LogP contribution is 2.13. The lowest BCUT2D eigenvalue weighted by molar-refractivity contribution is -0.00451. The lowest BCUT2D eigenvalue weighted by Gasteiger charge is -2.32. The van der Waals surface area contributed by atoms with Crippen molar-refractivity contribution < 1.29 is 24.2 Å². The van der Waals surface area contributed by atoms with E-state index < -0.39 is 29.9 Å². The number of rotatable bonds is 11. The van der Waals surface area contributed by atoms with Crippen molar-refractivity contribution in [3.8, 4) is 0 Å². The van der Waals surface area contributed by atoms with Gasteiger partial charge in [0.15, 0.2) is 0 Å². The zero-order valence-corrected chi connectivity index (χ0v) is 22.2. The van der Waals surface area contributed by atoms with E-state index in [-0.39, 0.29) is 13.2 Å². The smallest absolute Gasteiger partial charge is 0.424 e. The summed E-state index contributed by atoms with van der Waals surface area (Å²) in [6.45, 7) is 5.65. The van der Waals surface area contributed by atoms with Gasteiger partial charge in [-0.05, 0) is 43.9 Å². The van der Waals surface area contributed by atoms with Crippen molar-refractivity contribution in [2.45, 2.75) is 58.1 Å². The monoisotopic (exact) mass is 519 g/mol. The number of amides is 2. The molecule has 3 rings (SSSR count). The third-order valence-corrected chi connectivity index (χ3v) is 5.58. The van der Waals surface area contributed by atoms with Crippen LogP contribution in [-0.4, -0.2) is 46.6 Å². The van der Waals surface area contributed by atoms with Crippen molar-refractivity contribution in [1.82, 2.24) is 15.8 Å². The number of alkyl carbamates (subject to hydrolysis) is 1. The standard InChI is InChI=1S/C30H37N3O5/c1-30(2,3)38-29(36)33(31-20-24-15-9-5-10-16-24)21-27(34)26(19-23-13-7-4-8-14-23)32-28(35)37-22-25-17-11-6-12-18-25/h4-18,26-27,31,34H,19-22H2,1-3H3,(H,32,35). The van der Waals surface area contributed by atoms with Crippen molar-refractivity contribution in [2.75, 3.05) is 6.54 Å². The maximum absolute atomic E-state index is 13.0. The number of aliphatic hydroxyl groups is 1. The summed E-state index contributed by atoms with van der Waals surface area (Å²) < 4.78 is 10.9. The van der Waals surface area contributed by atoms with Gasteiger partial charge in [0.25, 0.3) is 0 Å². The van der Waals surface area contributed by atoms with E-state index in [9.17, 15) is 14.7 Å². The molecule has 8 heteroatoms. The van der Waals surface area contributed by atoms with Crippen LogP contribution >= 0.6 is 0 Å². The van der Waals surface area contributed by atoms with E-state index in [1.165, 1.54) is 5.01 Å². The van der Waals surface area contributed by atoms with E-state index >= 15 is 0 Å². The predicted molar refractivity (Wildman–Crippen MR) is 146 cm³/mol. The number of carbonyl (C=O) groups is 2. The summed E-state index contributed by atoms with van der Waals surface area (Å²) in [5, 5.41) is 15.3. The molecule has 0 bridgehead atoms. The Morgan fingerprint density at radius 3 is 1.92 bits per heavy atom. The van der Waals surface area contributed by atoms with Crippen LogP contribution in [0.25, 0.3) is 0 Å². The molecule has 2 atom stereocenters. The number of nitrogens with zero attached hydrogens (tertiary/aromatic N) is 1. The fraction of sp³-hybridized carbons (Fsp3) is 0.333. The quantitative estimate of drug-likeness (QED) is 0.314. The maximum atomic E-state index is 13.0. The highest BCUT2D eigenvalue weighted by atomic mass is 16.6. The number of ether oxygens (including phenoxy) is 2. The SMILES string of the molecule is CC(C)(C)OC(=O)N(CC(O)C(Cc1ccccc1)NC(=O)OCc1ccccc1)NCc1ccccc1. The van der Waals surface area contributed by atoms with Crippen LogP contribution in [0.2, 0.25) is 0 Å². The number of hydrazine groups is 1. The van der Waals surface area contributed by atoms with Gasteiger partial charge in [0.05, 0.1) is 18.7 Å². The molecule has 2 amide bonds. The van der Waals surface area contributed by atoms with Crippen LogP contribution < -0.4 is 10.7 Å². The average molecular weight is 520 g/mol. The van der Waals surface area contributed by atoms with Crippen LogP contribution in [0.4, 0.5) is 9.59 Å². The number of hydrogen-bond donors (Lipinski definition) is 3. The van der Waals surface area contributed by atoms with Gasteiger partial charge in [-0.1, -0.05) is 91.0 Å². The van der Waals surface area contributed by atoms with Crippen molar-refractivity contribution in [3.63, 3.8) is 0 Å². The minimum atomic E-state index is -1.13. The zero-order chi connectivity index (χ0) is 27.4. The highest BCUT2D eigenvalue weighted by Gasteiger charge is 2.29. The first-order chi connectivity index (χ1) is 18.2. The fourth-order valence-corrected chi connectivity index (χ4v) is 3.68. The predicted octanol–water partition coefficient (Wildman–Crippen LogP) is 4.83. The van der Waals surface area contributed by atoms with Crippen molar-refractivity contribution in [3.05, 3.63) is 108 Å². The molecule has 0 aromatic heterocycles. The van der Waals surface area contributed by atoms with Crippen molar-refractivity contribution >= 4 is 12.2 Å². The molecule has 0 saturated heterocycles. The van der Waals surface area contributed by atoms with Gasteiger partial charge in [0, 0.05) is 6.54 Å². The fourth-order valence-electron chi connectivity index (χ4n) is 3.68. The molecule has 0 aliphatic heterocycles. The van der Waals surface area contributed by atoms with Crippen LogP contribution in [-0.2, 0) is 29.0 Å². The summed E-state index contributed by atoms with van der Waals surface area (Å²) in [5.74, 6) is 0. The second-order valence-corrected chi connectivity index (χ2v) is 9.98. The molecule has 8 nitrogen and oxygen atoms in total. The average Bonchev–Trinajstić information content (AvgIpc) is 2.90. The second-order valence-electron chi connectivity index (χ2n) is 9.98. The first-order valence-electron chi connectivity index (χ1n) is 12.7. The van der Waals surface area contributed by atoms with Gasteiger partial charge in [-0.15, -0.1) is 0 Å². The number of aliphatic hydroxyl groups excluding tert-OH is 1. The van der Waals surface area contributed by atoms with E-state index in [1.54, 1.807) is 20.8 Å². The molecule has 0 spiro atoms. The van der Waals surface area contributed by atoms with Gasteiger partial charge in [0.2, 0.25) is 0 Å². The minimum Gasteiger partial charge on any atom is -0.445 e. The third-order valence-electron chi connectivity index (χ3n) is 5.58. The third kappa shape index (κ3) is 10.2. The Kier molecular flexibility index (Phi) is 10.7. The molecule has 3 aromatic rings. The molecule has 0 aliphatic rings. The summed E-state index contributed by atoms with van der Waals surface area (Å²) in [5.41, 5.74) is 5.06. The van der Waals surface area contributed by atoms with Crippen molar-refractivity contribution in [2.24, 2.45) is 0 Å². The second kappa shape index (κ2) is 14.2. The summed E-state index contributed by atoms with van der Waals surface area (Å²) >= 11 is 0. The summed E-state index contributed by atoms with van der Waals surface area (Å²) in [6, 6.07) is 27.7. The molecule has 2 unspecified atom stereocenters. The number of hydrogen-bond acceptors (Lipinski definition) is 6. The van der Waals surface area contributed by atoms with Gasteiger partial charge in [-0.2, -0.15) is 0 Å². The highest BCUT2D eigenvalue weighted by molar-refractivity contribution is 5.68. The molecule has 0 fully saturated rings. The first kappa shape index (κ1) is 28.7. The molecule has 38 heavy (non-hydrogen) atoms. The van der Waals surface area contributed by atoms with E-state index in [1.807, 2.05) is 91.0 Å². The Bertz CT molecular complexity index is 1120. The molecular weight excluding hydrogens is 482 g/mol. The zero-order valence-electron chi connectivity index (χ0n) is 22.2. The van der Waals surface area contributed by atoms with Crippen LogP contribution in [0.3, 0.4) is 0 Å². The molecule has 0 heterocycles. The summed E-state index contributed by atoms with van der Waals surface area (Å²) in [7, 11) is 0. The number of carbonyl (C=O) groups excluding carboxylic acids is 2.